The molecule has 0 atom stereocenters. The first-order valence-corrected chi connectivity index (χ1v) is 5.46. The summed E-state index contributed by atoms with van der Waals surface area (Å²) >= 11 is 0. The molecule has 0 spiro atoms. The summed E-state index contributed by atoms with van der Waals surface area (Å²) in [6.45, 7) is 3.99. The molecule has 0 fully saturated rings. The number of carbonyl (C=O) groups is 1. The second kappa shape index (κ2) is 4.41. The standard InChI is InChI=1S/C13H14N2O2/c1-9(2)13-10(8-16)7-15(14-13)11-3-5-12(17)6-4-11/h3-9,17H,1-2H3. The summed E-state index contributed by atoms with van der Waals surface area (Å²) in [6.07, 6.45) is 2.52. The highest BCUT2D eigenvalue weighted by molar-refractivity contribution is 5.76. The van der Waals surface area contributed by atoms with E-state index in [0.717, 1.165) is 17.7 Å². The van der Waals surface area contributed by atoms with Crippen LogP contribution in [-0.2, 0) is 0 Å². The van der Waals surface area contributed by atoms with Crippen LogP contribution in [0.15, 0.2) is 30.5 Å². The average Bonchev–Trinajstić information content (AvgIpc) is 2.74. The summed E-state index contributed by atoms with van der Waals surface area (Å²) in [6, 6.07) is 6.68. The van der Waals surface area contributed by atoms with Gasteiger partial charge in [0.25, 0.3) is 0 Å². The zero-order valence-electron chi connectivity index (χ0n) is 9.79. The first-order chi connectivity index (χ1) is 8.11. The van der Waals surface area contributed by atoms with Crippen LogP contribution < -0.4 is 0 Å². The van der Waals surface area contributed by atoms with Crippen molar-refractivity contribution in [3.63, 3.8) is 0 Å². The van der Waals surface area contributed by atoms with E-state index in [4.69, 9.17) is 0 Å². The van der Waals surface area contributed by atoms with Crippen molar-refractivity contribution in [2.45, 2.75) is 19.8 Å². The fourth-order valence-corrected chi connectivity index (χ4v) is 1.68. The largest absolute Gasteiger partial charge is 0.508 e. The average molecular weight is 230 g/mol. The number of aromatic hydroxyl groups is 1. The summed E-state index contributed by atoms with van der Waals surface area (Å²) in [5, 5.41) is 13.6. The Morgan fingerprint density at radius 1 is 1.29 bits per heavy atom. The zero-order chi connectivity index (χ0) is 12.4. The Bertz CT molecular complexity index is 527. The minimum Gasteiger partial charge on any atom is -0.508 e. The van der Waals surface area contributed by atoms with Crippen LogP contribution >= 0.6 is 0 Å². The highest BCUT2D eigenvalue weighted by Crippen LogP contribution is 2.19. The van der Waals surface area contributed by atoms with Crippen molar-refractivity contribution in [1.82, 2.24) is 9.78 Å². The minimum absolute atomic E-state index is 0.202. The van der Waals surface area contributed by atoms with E-state index >= 15 is 0 Å². The van der Waals surface area contributed by atoms with Crippen LogP contribution in [0.4, 0.5) is 0 Å². The molecular weight excluding hydrogens is 216 g/mol. The molecule has 0 unspecified atom stereocenters. The summed E-state index contributed by atoms with van der Waals surface area (Å²) < 4.78 is 1.65. The number of hydrogen-bond acceptors (Lipinski definition) is 3. The Morgan fingerprint density at radius 3 is 2.41 bits per heavy atom. The summed E-state index contributed by atoms with van der Waals surface area (Å²) in [5.74, 6) is 0.411. The van der Waals surface area contributed by atoms with E-state index in [1.54, 1.807) is 35.1 Å². The van der Waals surface area contributed by atoms with Crippen molar-refractivity contribution in [3.8, 4) is 11.4 Å². The molecule has 1 N–H and O–H groups in total. The molecule has 1 aromatic heterocycles. The molecule has 0 bridgehead atoms. The van der Waals surface area contributed by atoms with Crippen molar-refractivity contribution in [3.05, 3.63) is 41.7 Å². The van der Waals surface area contributed by atoms with Gasteiger partial charge in [-0.25, -0.2) is 4.68 Å². The van der Waals surface area contributed by atoms with Crippen molar-refractivity contribution in [2.24, 2.45) is 0 Å². The Kier molecular flexibility index (Phi) is 2.95. The third kappa shape index (κ3) is 2.20. The van der Waals surface area contributed by atoms with E-state index < -0.39 is 0 Å². The number of phenolic OH excluding ortho intramolecular Hbond substituents is 1. The molecule has 0 aliphatic carbocycles. The second-order valence-electron chi connectivity index (χ2n) is 4.20. The molecule has 4 heteroatoms. The van der Waals surface area contributed by atoms with Gasteiger partial charge < -0.3 is 5.11 Å². The lowest BCUT2D eigenvalue weighted by Crippen LogP contribution is -1.97. The Labute approximate surface area is 99.5 Å². The molecule has 2 aromatic rings. The van der Waals surface area contributed by atoms with E-state index in [2.05, 4.69) is 5.10 Å². The number of aldehydes is 1. The predicted molar refractivity (Wildman–Crippen MR) is 64.7 cm³/mol. The smallest absolute Gasteiger partial charge is 0.153 e. The first kappa shape index (κ1) is 11.4. The molecule has 88 valence electrons. The fraction of sp³-hybridized carbons (Fsp3) is 0.231. The monoisotopic (exact) mass is 230 g/mol. The maximum absolute atomic E-state index is 10.9. The van der Waals surface area contributed by atoms with E-state index in [-0.39, 0.29) is 11.7 Å². The SMILES string of the molecule is CC(C)c1nn(-c2ccc(O)cc2)cc1C=O. The van der Waals surface area contributed by atoms with Crippen LogP contribution in [0.2, 0.25) is 0 Å². The first-order valence-electron chi connectivity index (χ1n) is 5.46. The molecule has 1 aromatic carbocycles. The molecule has 0 saturated heterocycles. The Balaban J connectivity index is 2.46. The van der Waals surface area contributed by atoms with Crippen molar-refractivity contribution in [2.75, 3.05) is 0 Å². The third-order valence-electron chi connectivity index (χ3n) is 2.56. The van der Waals surface area contributed by atoms with Gasteiger partial charge in [-0.15, -0.1) is 0 Å². The van der Waals surface area contributed by atoms with Gasteiger partial charge in [0.2, 0.25) is 0 Å². The summed E-state index contributed by atoms with van der Waals surface area (Å²) in [4.78, 5) is 10.9. The molecule has 0 amide bonds. The predicted octanol–water partition coefficient (Wildman–Crippen LogP) is 2.51. The number of benzene rings is 1. The van der Waals surface area contributed by atoms with Gasteiger partial charge in [-0.2, -0.15) is 5.10 Å². The highest BCUT2D eigenvalue weighted by atomic mass is 16.3. The molecular formula is C13H14N2O2. The Morgan fingerprint density at radius 2 is 1.94 bits per heavy atom. The van der Waals surface area contributed by atoms with Gasteiger partial charge in [-0.05, 0) is 30.2 Å². The van der Waals surface area contributed by atoms with Crippen LogP contribution in [0.25, 0.3) is 5.69 Å². The van der Waals surface area contributed by atoms with Gasteiger partial charge in [0.15, 0.2) is 6.29 Å². The number of rotatable bonds is 3. The molecule has 0 aliphatic heterocycles. The van der Waals surface area contributed by atoms with E-state index in [9.17, 15) is 9.90 Å². The normalized spacial score (nSPS) is 10.8. The summed E-state index contributed by atoms with van der Waals surface area (Å²) in [7, 11) is 0. The van der Waals surface area contributed by atoms with E-state index in [0.29, 0.717) is 5.56 Å². The van der Waals surface area contributed by atoms with Gasteiger partial charge in [-0.3, -0.25) is 4.79 Å². The van der Waals surface area contributed by atoms with Crippen molar-refractivity contribution >= 4 is 6.29 Å². The number of carbonyl (C=O) groups excluding carboxylic acids is 1. The molecule has 0 saturated carbocycles. The lowest BCUT2D eigenvalue weighted by atomic mass is 10.1. The third-order valence-corrected chi connectivity index (χ3v) is 2.56. The number of aromatic nitrogens is 2. The molecule has 0 radical (unpaired) electrons. The van der Waals surface area contributed by atoms with Crippen molar-refractivity contribution < 1.29 is 9.90 Å². The van der Waals surface area contributed by atoms with E-state index in [1.807, 2.05) is 13.8 Å². The van der Waals surface area contributed by atoms with Gasteiger partial charge in [0.05, 0.1) is 16.9 Å². The van der Waals surface area contributed by atoms with Crippen LogP contribution in [0, 0.1) is 0 Å². The quantitative estimate of drug-likeness (QED) is 0.824. The molecule has 0 aliphatic rings. The maximum atomic E-state index is 10.9. The number of hydrogen-bond donors (Lipinski definition) is 1. The zero-order valence-corrected chi connectivity index (χ0v) is 9.79. The molecule has 4 nitrogen and oxygen atoms in total. The maximum Gasteiger partial charge on any atom is 0.153 e. The van der Waals surface area contributed by atoms with Crippen LogP contribution in [0.3, 0.4) is 0 Å². The van der Waals surface area contributed by atoms with Crippen molar-refractivity contribution in [1.29, 1.82) is 0 Å². The Hall–Kier alpha value is -2.10. The van der Waals surface area contributed by atoms with Gasteiger partial charge in [0.1, 0.15) is 5.75 Å². The lowest BCUT2D eigenvalue weighted by Gasteiger charge is -2.02. The van der Waals surface area contributed by atoms with Gasteiger partial charge in [-0.1, -0.05) is 13.8 Å². The second-order valence-corrected chi connectivity index (χ2v) is 4.20. The lowest BCUT2D eigenvalue weighted by molar-refractivity contribution is 0.112. The molecule has 17 heavy (non-hydrogen) atoms. The van der Waals surface area contributed by atoms with Crippen LogP contribution in [-0.4, -0.2) is 21.2 Å². The van der Waals surface area contributed by atoms with E-state index in [1.165, 1.54) is 0 Å². The summed E-state index contributed by atoms with van der Waals surface area (Å²) in [5.41, 5.74) is 2.21. The fourth-order valence-electron chi connectivity index (χ4n) is 1.68. The molecule has 1 heterocycles. The topological polar surface area (TPSA) is 55.1 Å². The van der Waals surface area contributed by atoms with Crippen LogP contribution in [0.5, 0.6) is 5.75 Å². The highest BCUT2D eigenvalue weighted by Gasteiger charge is 2.12. The number of phenols is 1. The number of nitrogens with zero attached hydrogens (tertiary/aromatic N) is 2. The molecule has 2 rings (SSSR count). The minimum atomic E-state index is 0.202. The van der Waals surface area contributed by atoms with Gasteiger partial charge in [0, 0.05) is 6.20 Å². The van der Waals surface area contributed by atoms with Gasteiger partial charge >= 0.3 is 0 Å². The van der Waals surface area contributed by atoms with Crippen LogP contribution in [0.1, 0.15) is 35.8 Å².